The number of halogens is 1. The Morgan fingerprint density at radius 2 is 2.00 bits per heavy atom. The minimum atomic E-state index is -0.230. The third-order valence-electron chi connectivity index (χ3n) is 2.55. The van der Waals surface area contributed by atoms with Crippen molar-refractivity contribution in [2.24, 2.45) is 12.8 Å². The van der Waals surface area contributed by atoms with E-state index in [1.54, 1.807) is 16.8 Å². The standard InChI is InChI=1S/C12H14FN3/c1-16-12(10(6-7-14)8-15-16)9-2-4-11(13)5-3-9/h2-5,8H,6-7,14H2,1H3. The summed E-state index contributed by atoms with van der Waals surface area (Å²) >= 11 is 0. The molecule has 0 saturated heterocycles. The van der Waals surface area contributed by atoms with Gasteiger partial charge in [0.25, 0.3) is 0 Å². The van der Waals surface area contributed by atoms with Gasteiger partial charge in [-0.05, 0) is 42.8 Å². The van der Waals surface area contributed by atoms with E-state index in [0.29, 0.717) is 6.54 Å². The molecule has 0 amide bonds. The number of nitrogens with two attached hydrogens (primary N) is 1. The van der Waals surface area contributed by atoms with Crippen LogP contribution in [0.1, 0.15) is 5.56 Å². The van der Waals surface area contributed by atoms with E-state index in [9.17, 15) is 4.39 Å². The van der Waals surface area contributed by atoms with E-state index in [0.717, 1.165) is 23.2 Å². The molecule has 0 fully saturated rings. The summed E-state index contributed by atoms with van der Waals surface area (Å²) in [5.41, 5.74) is 8.61. The van der Waals surface area contributed by atoms with Crippen LogP contribution in [-0.2, 0) is 13.5 Å². The van der Waals surface area contributed by atoms with Gasteiger partial charge >= 0.3 is 0 Å². The lowest BCUT2D eigenvalue weighted by molar-refractivity contribution is 0.628. The fourth-order valence-electron chi connectivity index (χ4n) is 1.80. The molecule has 1 heterocycles. The molecule has 2 rings (SSSR count). The Labute approximate surface area is 93.7 Å². The number of hydrogen-bond acceptors (Lipinski definition) is 2. The SMILES string of the molecule is Cn1ncc(CCN)c1-c1ccc(F)cc1. The number of benzene rings is 1. The van der Waals surface area contributed by atoms with E-state index in [2.05, 4.69) is 5.10 Å². The molecule has 0 aliphatic carbocycles. The van der Waals surface area contributed by atoms with E-state index in [1.165, 1.54) is 12.1 Å². The van der Waals surface area contributed by atoms with E-state index in [1.807, 2.05) is 13.2 Å². The largest absolute Gasteiger partial charge is 0.330 e. The summed E-state index contributed by atoms with van der Waals surface area (Å²) in [4.78, 5) is 0. The molecule has 4 heteroatoms. The normalized spacial score (nSPS) is 10.7. The molecule has 0 saturated carbocycles. The molecule has 0 atom stereocenters. The van der Waals surface area contributed by atoms with Gasteiger partial charge in [-0.3, -0.25) is 4.68 Å². The van der Waals surface area contributed by atoms with Crippen molar-refractivity contribution in [1.29, 1.82) is 0 Å². The van der Waals surface area contributed by atoms with Crippen LogP contribution in [0.15, 0.2) is 30.5 Å². The molecule has 3 nitrogen and oxygen atoms in total. The first kappa shape index (κ1) is 10.8. The molecule has 0 spiro atoms. The molecule has 84 valence electrons. The summed E-state index contributed by atoms with van der Waals surface area (Å²) in [6.45, 7) is 0.583. The average Bonchev–Trinajstić information content (AvgIpc) is 2.62. The molecule has 0 unspecified atom stereocenters. The highest BCUT2D eigenvalue weighted by Crippen LogP contribution is 2.23. The predicted octanol–water partition coefficient (Wildman–Crippen LogP) is 1.73. The van der Waals surface area contributed by atoms with Crippen LogP contribution in [0.25, 0.3) is 11.3 Å². The second kappa shape index (κ2) is 4.45. The van der Waals surface area contributed by atoms with Crippen LogP contribution >= 0.6 is 0 Å². The average molecular weight is 219 g/mol. The predicted molar refractivity (Wildman–Crippen MR) is 61.4 cm³/mol. The summed E-state index contributed by atoms with van der Waals surface area (Å²) in [5, 5.41) is 4.20. The Morgan fingerprint density at radius 3 is 2.62 bits per heavy atom. The molecule has 0 aliphatic rings. The molecule has 1 aromatic carbocycles. The van der Waals surface area contributed by atoms with Gasteiger partial charge in [-0.25, -0.2) is 4.39 Å². The van der Waals surface area contributed by atoms with Gasteiger partial charge in [0.2, 0.25) is 0 Å². The van der Waals surface area contributed by atoms with Crippen molar-refractivity contribution in [2.75, 3.05) is 6.54 Å². The van der Waals surface area contributed by atoms with Gasteiger partial charge in [0.1, 0.15) is 5.82 Å². The zero-order chi connectivity index (χ0) is 11.5. The Morgan fingerprint density at radius 1 is 1.31 bits per heavy atom. The fourth-order valence-corrected chi connectivity index (χ4v) is 1.80. The lowest BCUT2D eigenvalue weighted by Gasteiger charge is -2.05. The number of aryl methyl sites for hydroxylation is 1. The van der Waals surface area contributed by atoms with Crippen LogP contribution < -0.4 is 5.73 Å². The Bertz CT molecular complexity index is 474. The molecular formula is C12H14FN3. The first-order chi connectivity index (χ1) is 7.72. The number of aromatic nitrogens is 2. The van der Waals surface area contributed by atoms with Crippen molar-refractivity contribution in [3.63, 3.8) is 0 Å². The van der Waals surface area contributed by atoms with Crippen molar-refractivity contribution >= 4 is 0 Å². The van der Waals surface area contributed by atoms with Crippen LogP contribution in [-0.4, -0.2) is 16.3 Å². The van der Waals surface area contributed by atoms with E-state index in [4.69, 9.17) is 5.73 Å². The second-order valence-electron chi connectivity index (χ2n) is 3.69. The summed E-state index contributed by atoms with van der Waals surface area (Å²) in [6.07, 6.45) is 2.59. The lowest BCUT2D eigenvalue weighted by atomic mass is 10.1. The van der Waals surface area contributed by atoms with E-state index < -0.39 is 0 Å². The van der Waals surface area contributed by atoms with Crippen molar-refractivity contribution in [1.82, 2.24) is 9.78 Å². The highest BCUT2D eigenvalue weighted by atomic mass is 19.1. The Balaban J connectivity index is 2.45. The molecule has 16 heavy (non-hydrogen) atoms. The van der Waals surface area contributed by atoms with Gasteiger partial charge in [0, 0.05) is 12.6 Å². The third kappa shape index (κ3) is 1.97. The molecule has 1 aromatic heterocycles. The fraction of sp³-hybridized carbons (Fsp3) is 0.250. The van der Waals surface area contributed by atoms with Crippen molar-refractivity contribution in [3.05, 3.63) is 41.8 Å². The second-order valence-corrected chi connectivity index (χ2v) is 3.69. The van der Waals surface area contributed by atoms with Crippen LogP contribution in [0, 0.1) is 5.82 Å². The molecule has 2 N–H and O–H groups in total. The zero-order valence-electron chi connectivity index (χ0n) is 9.15. The Kier molecular flexibility index (Phi) is 3.01. The highest BCUT2D eigenvalue weighted by molar-refractivity contribution is 5.63. The third-order valence-corrected chi connectivity index (χ3v) is 2.55. The smallest absolute Gasteiger partial charge is 0.123 e. The van der Waals surface area contributed by atoms with Gasteiger partial charge < -0.3 is 5.73 Å². The first-order valence-electron chi connectivity index (χ1n) is 5.19. The van der Waals surface area contributed by atoms with Gasteiger partial charge in [0.15, 0.2) is 0 Å². The maximum atomic E-state index is 12.8. The summed E-state index contributed by atoms with van der Waals surface area (Å²) < 4.78 is 14.6. The molecule has 0 bridgehead atoms. The van der Waals surface area contributed by atoms with Gasteiger partial charge in [-0.1, -0.05) is 0 Å². The van der Waals surface area contributed by atoms with Crippen LogP contribution in [0.3, 0.4) is 0 Å². The first-order valence-corrected chi connectivity index (χ1v) is 5.19. The maximum absolute atomic E-state index is 12.8. The Hall–Kier alpha value is -1.68. The highest BCUT2D eigenvalue weighted by Gasteiger charge is 2.09. The van der Waals surface area contributed by atoms with Crippen LogP contribution in [0.5, 0.6) is 0 Å². The van der Waals surface area contributed by atoms with Gasteiger partial charge in [-0.2, -0.15) is 5.10 Å². The molecular weight excluding hydrogens is 205 g/mol. The number of rotatable bonds is 3. The number of hydrogen-bond donors (Lipinski definition) is 1. The van der Waals surface area contributed by atoms with Crippen LogP contribution in [0.4, 0.5) is 4.39 Å². The van der Waals surface area contributed by atoms with Crippen LogP contribution in [0.2, 0.25) is 0 Å². The minimum absolute atomic E-state index is 0.230. The summed E-state index contributed by atoms with van der Waals surface area (Å²) in [7, 11) is 1.87. The quantitative estimate of drug-likeness (QED) is 0.854. The molecule has 2 aromatic rings. The topological polar surface area (TPSA) is 43.8 Å². The number of nitrogens with zero attached hydrogens (tertiary/aromatic N) is 2. The minimum Gasteiger partial charge on any atom is -0.330 e. The van der Waals surface area contributed by atoms with E-state index >= 15 is 0 Å². The summed E-state index contributed by atoms with van der Waals surface area (Å²) in [5.74, 6) is -0.230. The summed E-state index contributed by atoms with van der Waals surface area (Å²) in [6, 6.07) is 6.42. The molecule has 0 radical (unpaired) electrons. The monoisotopic (exact) mass is 219 g/mol. The van der Waals surface area contributed by atoms with E-state index in [-0.39, 0.29) is 5.82 Å². The lowest BCUT2D eigenvalue weighted by Crippen LogP contribution is -2.04. The van der Waals surface area contributed by atoms with Crippen molar-refractivity contribution in [3.8, 4) is 11.3 Å². The molecule has 0 aliphatic heterocycles. The van der Waals surface area contributed by atoms with Crippen molar-refractivity contribution < 1.29 is 4.39 Å². The van der Waals surface area contributed by atoms with Gasteiger partial charge in [-0.15, -0.1) is 0 Å². The zero-order valence-corrected chi connectivity index (χ0v) is 9.15. The van der Waals surface area contributed by atoms with Gasteiger partial charge in [0.05, 0.1) is 11.9 Å². The van der Waals surface area contributed by atoms with Crippen molar-refractivity contribution in [2.45, 2.75) is 6.42 Å². The maximum Gasteiger partial charge on any atom is 0.123 e.